The van der Waals surface area contributed by atoms with Crippen LogP contribution in [0.3, 0.4) is 0 Å². The molecule has 1 aromatic rings. The van der Waals surface area contributed by atoms with Crippen molar-refractivity contribution in [3.8, 4) is 0 Å². The molecule has 3 atom stereocenters. The van der Waals surface area contributed by atoms with E-state index in [1.807, 2.05) is 44.2 Å². The summed E-state index contributed by atoms with van der Waals surface area (Å²) in [6.07, 6.45) is 1.59. The molecular formula is C18H26N2O3. The van der Waals surface area contributed by atoms with Gasteiger partial charge in [0, 0.05) is 25.6 Å². The number of amides is 2. The van der Waals surface area contributed by atoms with Crippen molar-refractivity contribution in [1.29, 1.82) is 0 Å². The molecule has 0 aromatic heterocycles. The summed E-state index contributed by atoms with van der Waals surface area (Å²) in [4.78, 5) is 26.4. The highest BCUT2D eigenvalue weighted by Gasteiger charge is 2.37. The van der Waals surface area contributed by atoms with Crippen LogP contribution in [-0.4, -0.2) is 41.0 Å². The summed E-state index contributed by atoms with van der Waals surface area (Å²) in [5, 5.41) is 12.0. The van der Waals surface area contributed by atoms with E-state index in [4.69, 9.17) is 5.11 Å². The van der Waals surface area contributed by atoms with Crippen LogP contribution in [0.5, 0.6) is 0 Å². The van der Waals surface area contributed by atoms with Crippen LogP contribution in [0.1, 0.15) is 44.7 Å². The van der Waals surface area contributed by atoms with Crippen molar-refractivity contribution < 1.29 is 14.7 Å². The van der Waals surface area contributed by atoms with Crippen molar-refractivity contribution >= 4 is 11.8 Å². The van der Waals surface area contributed by atoms with Crippen LogP contribution in [0.2, 0.25) is 0 Å². The Bertz CT molecular complexity index is 532. The largest absolute Gasteiger partial charge is 0.396 e. The molecule has 1 heterocycles. The fraction of sp³-hybridized carbons (Fsp3) is 0.556. The predicted octanol–water partition coefficient (Wildman–Crippen LogP) is 1.87. The molecule has 1 fully saturated rings. The fourth-order valence-corrected chi connectivity index (χ4v) is 3.05. The number of carbonyl (C=O) groups excluding carboxylic acids is 2. The number of likely N-dealkylation sites (tertiary alicyclic amines) is 1. The average molecular weight is 318 g/mol. The third kappa shape index (κ3) is 4.32. The third-order valence-corrected chi connectivity index (χ3v) is 4.60. The zero-order valence-electron chi connectivity index (χ0n) is 13.9. The van der Waals surface area contributed by atoms with Gasteiger partial charge in [-0.2, -0.15) is 0 Å². The number of nitrogens with zero attached hydrogens (tertiary/aromatic N) is 1. The number of hydrogen-bond acceptors (Lipinski definition) is 3. The molecule has 0 bridgehead atoms. The van der Waals surface area contributed by atoms with Crippen LogP contribution >= 0.6 is 0 Å². The molecule has 5 nitrogen and oxygen atoms in total. The van der Waals surface area contributed by atoms with Gasteiger partial charge in [0.15, 0.2) is 0 Å². The van der Waals surface area contributed by atoms with Gasteiger partial charge in [0.05, 0.1) is 12.0 Å². The van der Waals surface area contributed by atoms with Crippen molar-refractivity contribution in [2.24, 2.45) is 5.92 Å². The van der Waals surface area contributed by atoms with Crippen molar-refractivity contribution in [2.75, 3.05) is 13.2 Å². The second-order valence-electron chi connectivity index (χ2n) is 6.16. The topological polar surface area (TPSA) is 69.6 Å². The van der Waals surface area contributed by atoms with Crippen molar-refractivity contribution in [1.82, 2.24) is 10.2 Å². The molecule has 2 amide bonds. The third-order valence-electron chi connectivity index (χ3n) is 4.60. The summed E-state index contributed by atoms with van der Waals surface area (Å²) < 4.78 is 0. The molecule has 1 aliphatic heterocycles. The Morgan fingerprint density at radius 1 is 1.39 bits per heavy atom. The van der Waals surface area contributed by atoms with E-state index in [1.54, 1.807) is 4.90 Å². The van der Waals surface area contributed by atoms with E-state index in [-0.39, 0.29) is 42.8 Å². The van der Waals surface area contributed by atoms with E-state index in [0.29, 0.717) is 13.0 Å². The summed E-state index contributed by atoms with van der Waals surface area (Å²) in [7, 11) is 0. The van der Waals surface area contributed by atoms with Crippen LogP contribution in [0, 0.1) is 5.92 Å². The standard InChI is InChI=1S/C18H26N2O3/c1-3-16(9-10-21)19-18(23)15-11-17(22)20(12-15)13(2)14-7-5-4-6-8-14/h4-8,13,15-16,21H,3,9-12H2,1-2H3,(H,19,23). The Kier molecular flexibility index (Phi) is 6.16. The fourth-order valence-electron chi connectivity index (χ4n) is 3.05. The van der Waals surface area contributed by atoms with Crippen LogP contribution in [0.4, 0.5) is 0 Å². The van der Waals surface area contributed by atoms with E-state index in [2.05, 4.69) is 5.32 Å². The highest BCUT2D eigenvalue weighted by atomic mass is 16.3. The van der Waals surface area contributed by atoms with Gasteiger partial charge in [0.25, 0.3) is 0 Å². The first-order chi connectivity index (χ1) is 11.1. The maximum atomic E-state index is 12.4. The number of benzene rings is 1. The maximum Gasteiger partial charge on any atom is 0.225 e. The lowest BCUT2D eigenvalue weighted by atomic mass is 10.1. The molecule has 0 spiro atoms. The number of rotatable bonds is 7. The minimum absolute atomic E-state index is 0.0247. The molecule has 0 saturated carbocycles. The summed E-state index contributed by atoms with van der Waals surface area (Å²) in [5.74, 6) is -0.362. The van der Waals surface area contributed by atoms with Gasteiger partial charge in [-0.25, -0.2) is 0 Å². The second kappa shape index (κ2) is 8.11. The van der Waals surface area contributed by atoms with Gasteiger partial charge in [-0.15, -0.1) is 0 Å². The van der Waals surface area contributed by atoms with Crippen LogP contribution in [0.15, 0.2) is 30.3 Å². The highest BCUT2D eigenvalue weighted by molar-refractivity contribution is 5.89. The second-order valence-corrected chi connectivity index (χ2v) is 6.16. The zero-order chi connectivity index (χ0) is 16.8. The SMILES string of the molecule is CCC(CCO)NC(=O)C1CC(=O)N(C(C)c2ccccc2)C1. The van der Waals surface area contributed by atoms with Gasteiger partial charge in [-0.1, -0.05) is 37.3 Å². The highest BCUT2D eigenvalue weighted by Crippen LogP contribution is 2.28. The number of aliphatic hydroxyl groups excluding tert-OH is 1. The van der Waals surface area contributed by atoms with Crippen LogP contribution in [-0.2, 0) is 9.59 Å². The number of hydrogen-bond donors (Lipinski definition) is 2. The normalized spacial score (nSPS) is 20.4. The summed E-state index contributed by atoms with van der Waals surface area (Å²) >= 11 is 0. The number of carbonyl (C=O) groups is 2. The Balaban J connectivity index is 1.98. The molecule has 0 radical (unpaired) electrons. The minimum atomic E-state index is -0.304. The Morgan fingerprint density at radius 3 is 2.70 bits per heavy atom. The van der Waals surface area contributed by atoms with E-state index in [9.17, 15) is 9.59 Å². The molecule has 126 valence electrons. The van der Waals surface area contributed by atoms with Gasteiger partial charge in [-0.05, 0) is 25.3 Å². The Hall–Kier alpha value is -1.88. The number of aliphatic hydroxyl groups is 1. The molecule has 2 rings (SSSR count). The Morgan fingerprint density at radius 2 is 2.09 bits per heavy atom. The van der Waals surface area contributed by atoms with E-state index < -0.39 is 0 Å². The molecule has 5 heteroatoms. The molecule has 1 aromatic carbocycles. The summed E-state index contributed by atoms with van der Waals surface area (Å²) in [6.45, 7) is 4.48. The van der Waals surface area contributed by atoms with Gasteiger partial charge >= 0.3 is 0 Å². The van der Waals surface area contributed by atoms with Gasteiger partial charge in [0.2, 0.25) is 11.8 Å². The molecular weight excluding hydrogens is 292 g/mol. The predicted molar refractivity (Wildman–Crippen MR) is 88.6 cm³/mol. The van der Waals surface area contributed by atoms with Crippen LogP contribution in [0.25, 0.3) is 0 Å². The first kappa shape index (κ1) is 17.5. The minimum Gasteiger partial charge on any atom is -0.396 e. The van der Waals surface area contributed by atoms with Crippen molar-refractivity contribution in [3.05, 3.63) is 35.9 Å². The molecule has 1 aliphatic rings. The van der Waals surface area contributed by atoms with Crippen molar-refractivity contribution in [2.45, 2.75) is 45.2 Å². The van der Waals surface area contributed by atoms with E-state index >= 15 is 0 Å². The first-order valence-corrected chi connectivity index (χ1v) is 8.32. The lowest BCUT2D eigenvalue weighted by Crippen LogP contribution is -2.40. The maximum absolute atomic E-state index is 12.4. The first-order valence-electron chi connectivity index (χ1n) is 8.32. The average Bonchev–Trinajstić information content (AvgIpc) is 2.96. The quantitative estimate of drug-likeness (QED) is 0.806. The lowest BCUT2D eigenvalue weighted by Gasteiger charge is -2.25. The van der Waals surface area contributed by atoms with Gasteiger partial charge < -0.3 is 15.3 Å². The Labute approximate surface area is 137 Å². The van der Waals surface area contributed by atoms with E-state index in [0.717, 1.165) is 12.0 Å². The summed E-state index contributed by atoms with van der Waals surface area (Å²) in [5.41, 5.74) is 1.08. The van der Waals surface area contributed by atoms with Gasteiger partial charge in [0.1, 0.15) is 0 Å². The van der Waals surface area contributed by atoms with Crippen LogP contribution < -0.4 is 5.32 Å². The number of nitrogens with one attached hydrogen (secondary N) is 1. The van der Waals surface area contributed by atoms with E-state index in [1.165, 1.54) is 0 Å². The van der Waals surface area contributed by atoms with Gasteiger partial charge in [-0.3, -0.25) is 9.59 Å². The molecule has 1 saturated heterocycles. The lowest BCUT2D eigenvalue weighted by molar-refractivity contribution is -0.130. The molecule has 23 heavy (non-hydrogen) atoms. The van der Waals surface area contributed by atoms with Crippen molar-refractivity contribution in [3.63, 3.8) is 0 Å². The zero-order valence-corrected chi connectivity index (χ0v) is 13.9. The smallest absolute Gasteiger partial charge is 0.225 e. The monoisotopic (exact) mass is 318 g/mol. The molecule has 0 aliphatic carbocycles. The molecule has 2 N–H and O–H groups in total. The summed E-state index contributed by atoms with van der Waals surface area (Å²) in [6, 6.07) is 9.81. The molecule has 3 unspecified atom stereocenters.